The average Bonchev–Trinajstić information content (AvgIpc) is 2.82. The quantitative estimate of drug-likeness (QED) is 0.841. The molecule has 0 aliphatic rings. The van der Waals surface area contributed by atoms with Crippen LogP contribution in [0.3, 0.4) is 0 Å². The van der Waals surface area contributed by atoms with Crippen molar-refractivity contribution < 1.29 is 4.39 Å². The number of aromatic nitrogens is 2. The summed E-state index contributed by atoms with van der Waals surface area (Å²) in [6, 6.07) is 5.26. The van der Waals surface area contributed by atoms with Gasteiger partial charge in [-0.05, 0) is 32.0 Å². The Bertz CT molecular complexity index is 558. The smallest absolute Gasteiger partial charge is 0.160 e. The highest BCUT2D eigenvalue weighted by atomic mass is 35.5. The van der Waals surface area contributed by atoms with Crippen molar-refractivity contribution in [2.75, 3.05) is 5.32 Å². The Morgan fingerprint density at radius 1 is 1.32 bits per heavy atom. The lowest BCUT2D eigenvalue weighted by molar-refractivity contribution is 0.527. The third kappa shape index (κ3) is 3.39. The Morgan fingerprint density at radius 3 is 2.47 bits per heavy atom. The van der Waals surface area contributed by atoms with Crippen LogP contribution in [-0.4, -0.2) is 9.78 Å². The van der Waals surface area contributed by atoms with Gasteiger partial charge in [-0.3, -0.25) is 4.68 Å². The van der Waals surface area contributed by atoms with Crippen LogP contribution in [-0.2, 0) is 6.54 Å². The van der Waals surface area contributed by atoms with Crippen LogP contribution in [0, 0.1) is 5.82 Å². The van der Waals surface area contributed by atoms with E-state index in [4.69, 9.17) is 23.2 Å². The van der Waals surface area contributed by atoms with Crippen molar-refractivity contribution in [1.82, 2.24) is 9.78 Å². The molecule has 0 radical (unpaired) electrons. The summed E-state index contributed by atoms with van der Waals surface area (Å²) in [5.41, 5.74) is 1.56. The van der Waals surface area contributed by atoms with Crippen molar-refractivity contribution in [2.45, 2.75) is 26.4 Å². The molecule has 0 unspecified atom stereocenters. The van der Waals surface area contributed by atoms with Gasteiger partial charge in [0.15, 0.2) is 5.82 Å². The van der Waals surface area contributed by atoms with E-state index in [-0.39, 0.29) is 10.0 Å². The Hall–Kier alpha value is -1.26. The van der Waals surface area contributed by atoms with Crippen LogP contribution in [0.25, 0.3) is 0 Å². The molecule has 0 aliphatic heterocycles. The summed E-state index contributed by atoms with van der Waals surface area (Å²) in [6.07, 6.45) is 1.92. The zero-order valence-electron chi connectivity index (χ0n) is 10.6. The van der Waals surface area contributed by atoms with E-state index in [1.807, 2.05) is 16.9 Å². The van der Waals surface area contributed by atoms with E-state index in [2.05, 4.69) is 24.3 Å². The van der Waals surface area contributed by atoms with E-state index in [1.54, 1.807) is 0 Å². The van der Waals surface area contributed by atoms with Crippen LogP contribution in [0.1, 0.15) is 25.6 Å². The molecule has 0 saturated carbocycles. The fourth-order valence-corrected chi connectivity index (χ4v) is 2.10. The Balaban J connectivity index is 2.06. The van der Waals surface area contributed by atoms with Crippen molar-refractivity contribution in [2.24, 2.45) is 0 Å². The van der Waals surface area contributed by atoms with Gasteiger partial charge in [0.2, 0.25) is 0 Å². The molecule has 0 aliphatic carbocycles. The largest absolute Gasteiger partial charge is 0.379 e. The Kier molecular flexibility index (Phi) is 4.32. The SMILES string of the molecule is CC(C)n1ccc(CNc2cc(Cl)c(F)c(Cl)c2)n1. The fraction of sp³-hybridized carbons (Fsp3) is 0.308. The summed E-state index contributed by atoms with van der Waals surface area (Å²) in [6.45, 7) is 4.64. The van der Waals surface area contributed by atoms with E-state index >= 15 is 0 Å². The van der Waals surface area contributed by atoms with Crippen molar-refractivity contribution in [3.63, 3.8) is 0 Å². The van der Waals surface area contributed by atoms with Gasteiger partial charge >= 0.3 is 0 Å². The molecule has 3 nitrogen and oxygen atoms in total. The highest BCUT2D eigenvalue weighted by Crippen LogP contribution is 2.27. The molecule has 0 amide bonds. The maximum absolute atomic E-state index is 13.3. The first kappa shape index (κ1) is 14.2. The topological polar surface area (TPSA) is 29.9 Å². The highest BCUT2D eigenvalue weighted by molar-refractivity contribution is 6.35. The minimum Gasteiger partial charge on any atom is -0.379 e. The summed E-state index contributed by atoms with van der Waals surface area (Å²) in [5, 5.41) is 7.52. The van der Waals surface area contributed by atoms with Gasteiger partial charge in [-0.25, -0.2) is 4.39 Å². The first-order valence-corrected chi connectivity index (χ1v) is 6.65. The molecular weight excluding hydrogens is 288 g/mol. The minimum atomic E-state index is -0.599. The lowest BCUT2D eigenvalue weighted by Gasteiger charge is -2.07. The van der Waals surface area contributed by atoms with Gasteiger partial charge in [-0.15, -0.1) is 0 Å². The Morgan fingerprint density at radius 2 is 1.95 bits per heavy atom. The van der Waals surface area contributed by atoms with Crippen LogP contribution in [0.4, 0.5) is 10.1 Å². The van der Waals surface area contributed by atoms with E-state index in [1.165, 1.54) is 12.1 Å². The van der Waals surface area contributed by atoms with Crippen LogP contribution in [0.5, 0.6) is 0 Å². The fourth-order valence-electron chi connectivity index (χ4n) is 1.61. The normalized spacial score (nSPS) is 11.1. The predicted molar refractivity (Wildman–Crippen MR) is 76.4 cm³/mol. The lowest BCUT2D eigenvalue weighted by atomic mass is 10.3. The van der Waals surface area contributed by atoms with Crippen molar-refractivity contribution >= 4 is 28.9 Å². The van der Waals surface area contributed by atoms with Gasteiger partial charge in [0, 0.05) is 17.9 Å². The second-order valence-corrected chi connectivity index (χ2v) is 5.30. The molecule has 1 heterocycles. The second kappa shape index (κ2) is 5.80. The molecule has 1 aromatic heterocycles. The predicted octanol–water partition coefficient (Wildman–Crippen LogP) is 4.52. The van der Waals surface area contributed by atoms with Crippen molar-refractivity contribution in [3.8, 4) is 0 Å². The number of benzene rings is 1. The molecule has 0 atom stereocenters. The van der Waals surface area contributed by atoms with Gasteiger partial charge in [0.25, 0.3) is 0 Å². The molecule has 0 spiro atoms. The number of nitrogens with one attached hydrogen (secondary N) is 1. The zero-order valence-corrected chi connectivity index (χ0v) is 12.1. The first-order chi connectivity index (χ1) is 8.97. The number of rotatable bonds is 4. The van der Waals surface area contributed by atoms with Crippen LogP contribution < -0.4 is 5.32 Å². The molecule has 0 fully saturated rings. The highest BCUT2D eigenvalue weighted by Gasteiger charge is 2.08. The van der Waals surface area contributed by atoms with E-state index in [9.17, 15) is 4.39 Å². The first-order valence-electron chi connectivity index (χ1n) is 5.90. The number of halogens is 3. The van der Waals surface area contributed by atoms with E-state index in [0.717, 1.165) is 5.69 Å². The van der Waals surface area contributed by atoms with E-state index in [0.29, 0.717) is 18.3 Å². The van der Waals surface area contributed by atoms with Crippen molar-refractivity contribution in [3.05, 3.63) is 46.0 Å². The van der Waals surface area contributed by atoms with Crippen LogP contribution in [0.15, 0.2) is 24.4 Å². The summed E-state index contributed by atoms with van der Waals surface area (Å²) in [7, 11) is 0. The monoisotopic (exact) mass is 301 g/mol. The lowest BCUT2D eigenvalue weighted by Crippen LogP contribution is -2.04. The molecule has 2 aromatic rings. The van der Waals surface area contributed by atoms with Gasteiger partial charge in [-0.1, -0.05) is 23.2 Å². The number of anilines is 1. The summed E-state index contributed by atoms with van der Waals surface area (Å²) < 4.78 is 15.1. The molecule has 1 aromatic carbocycles. The van der Waals surface area contributed by atoms with Gasteiger partial charge in [0.05, 0.1) is 22.3 Å². The molecule has 0 bridgehead atoms. The third-order valence-corrected chi connectivity index (χ3v) is 3.20. The number of hydrogen-bond acceptors (Lipinski definition) is 2. The molecule has 1 N–H and O–H groups in total. The number of nitrogens with zero attached hydrogens (tertiary/aromatic N) is 2. The summed E-state index contributed by atoms with van der Waals surface area (Å²) >= 11 is 11.5. The van der Waals surface area contributed by atoms with Gasteiger partial charge < -0.3 is 5.32 Å². The second-order valence-electron chi connectivity index (χ2n) is 4.49. The maximum atomic E-state index is 13.3. The molecule has 6 heteroatoms. The molecule has 0 saturated heterocycles. The summed E-state index contributed by atoms with van der Waals surface area (Å²) in [5.74, 6) is -0.599. The molecular formula is C13H14Cl2FN3. The maximum Gasteiger partial charge on any atom is 0.160 e. The van der Waals surface area contributed by atoms with Gasteiger partial charge in [0.1, 0.15) is 0 Å². The number of hydrogen-bond donors (Lipinski definition) is 1. The minimum absolute atomic E-state index is 0.00251. The standard InChI is InChI=1S/C13H14Cl2FN3/c1-8(2)19-4-3-9(18-19)7-17-10-5-11(14)13(16)12(15)6-10/h3-6,8,17H,7H2,1-2H3. The van der Waals surface area contributed by atoms with Crippen LogP contribution >= 0.6 is 23.2 Å². The van der Waals surface area contributed by atoms with Crippen LogP contribution in [0.2, 0.25) is 10.0 Å². The Labute approximate surface area is 121 Å². The van der Waals surface area contributed by atoms with E-state index < -0.39 is 5.82 Å². The van der Waals surface area contributed by atoms with Crippen molar-refractivity contribution in [1.29, 1.82) is 0 Å². The summed E-state index contributed by atoms with van der Waals surface area (Å²) in [4.78, 5) is 0. The zero-order chi connectivity index (χ0) is 14.0. The van der Waals surface area contributed by atoms with Gasteiger partial charge in [-0.2, -0.15) is 5.10 Å². The molecule has 2 rings (SSSR count). The molecule has 102 valence electrons. The third-order valence-electron chi connectivity index (χ3n) is 2.65. The average molecular weight is 302 g/mol. The molecule has 19 heavy (non-hydrogen) atoms.